The van der Waals surface area contributed by atoms with E-state index in [1.165, 1.54) is 23.1 Å². The van der Waals surface area contributed by atoms with Gasteiger partial charge in [0.1, 0.15) is 0 Å². The number of rotatable bonds is 3. The Hall–Kier alpha value is -1.68. The summed E-state index contributed by atoms with van der Waals surface area (Å²) < 4.78 is 1.82. The minimum absolute atomic E-state index is 0.531. The van der Waals surface area contributed by atoms with Gasteiger partial charge < -0.3 is 5.32 Å². The van der Waals surface area contributed by atoms with E-state index < -0.39 is 0 Å². The standard InChI is InChI=1S/C14H18N4/c1-3-15-13-7-5-10-8-11(4-6-12(10)13)14-9-16-17-18(14)2/h4,6,8-9,13,15H,3,5,7H2,1-2H3. The predicted octanol–water partition coefficient (Wildman–Crippen LogP) is 2.08. The first kappa shape index (κ1) is 11.4. The van der Waals surface area contributed by atoms with Gasteiger partial charge in [-0.25, -0.2) is 4.68 Å². The van der Waals surface area contributed by atoms with Crippen molar-refractivity contribution in [3.63, 3.8) is 0 Å². The van der Waals surface area contributed by atoms with Crippen molar-refractivity contribution in [3.05, 3.63) is 35.5 Å². The van der Waals surface area contributed by atoms with Crippen LogP contribution in [-0.4, -0.2) is 21.5 Å². The van der Waals surface area contributed by atoms with Gasteiger partial charge in [-0.05, 0) is 36.6 Å². The third kappa shape index (κ3) is 1.82. The number of hydrogen-bond donors (Lipinski definition) is 1. The van der Waals surface area contributed by atoms with E-state index in [9.17, 15) is 0 Å². The summed E-state index contributed by atoms with van der Waals surface area (Å²) in [6.45, 7) is 3.19. The van der Waals surface area contributed by atoms with E-state index in [1.54, 1.807) is 0 Å². The van der Waals surface area contributed by atoms with Crippen LogP contribution in [-0.2, 0) is 13.5 Å². The fourth-order valence-corrected chi connectivity index (χ4v) is 2.79. The SMILES string of the molecule is CCNC1CCc2cc(-c3cnnn3C)ccc21. The maximum Gasteiger partial charge on any atom is 0.0882 e. The second kappa shape index (κ2) is 4.53. The third-order valence-electron chi connectivity index (χ3n) is 3.68. The quantitative estimate of drug-likeness (QED) is 0.896. The van der Waals surface area contributed by atoms with Crippen LogP contribution in [0.4, 0.5) is 0 Å². The normalized spacial score (nSPS) is 18.0. The Morgan fingerprint density at radius 3 is 3.06 bits per heavy atom. The Balaban J connectivity index is 1.96. The fraction of sp³-hybridized carbons (Fsp3) is 0.429. The zero-order chi connectivity index (χ0) is 12.5. The van der Waals surface area contributed by atoms with E-state index in [0.717, 1.165) is 18.7 Å². The van der Waals surface area contributed by atoms with Gasteiger partial charge in [0, 0.05) is 18.7 Å². The van der Waals surface area contributed by atoms with Crippen LogP contribution in [0.2, 0.25) is 0 Å². The smallest absolute Gasteiger partial charge is 0.0882 e. The van der Waals surface area contributed by atoms with E-state index >= 15 is 0 Å². The second-order valence-corrected chi connectivity index (χ2v) is 4.81. The summed E-state index contributed by atoms with van der Waals surface area (Å²) >= 11 is 0. The lowest BCUT2D eigenvalue weighted by molar-refractivity contribution is 0.549. The number of benzene rings is 1. The summed E-state index contributed by atoms with van der Waals surface area (Å²) in [6.07, 6.45) is 4.18. The Morgan fingerprint density at radius 2 is 2.33 bits per heavy atom. The van der Waals surface area contributed by atoms with Gasteiger partial charge >= 0.3 is 0 Å². The largest absolute Gasteiger partial charge is 0.310 e. The third-order valence-corrected chi connectivity index (χ3v) is 3.68. The maximum atomic E-state index is 3.99. The zero-order valence-corrected chi connectivity index (χ0v) is 10.8. The number of nitrogens with one attached hydrogen (secondary N) is 1. The lowest BCUT2D eigenvalue weighted by Crippen LogP contribution is -2.18. The van der Waals surface area contributed by atoms with Crippen LogP contribution in [0.25, 0.3) is 11.3 Å². The summed E-state index contributed by atoms with van der Waals surface area (Å²) in [5.74, 6) is 0. The molecule has 0 saturated carbocycles. The first-order valence-electron chi connectivity index (χ1n) is 6.51. The number of aryl methyl sites for hydroxylation is 2. The molecule has 1 atom stereocenters. The molecule has 3 rings (SSSR count). The molecule has 0 amide bonds. The summed E-state index contributed by atoms with van der Waals surface area (Å²) in [5, 5.41) is 11.5. The Labute approximate surface area is 107 Å². The molecule has 1 N–H and O–H groups in total. The molecule has 0 saturated heterocycles. The van der Waals surface area contributed by atoms with Crippen LogP contribution in [0.5, 0.6) is 0 Å². The van der Waals surface area contributed by atoms with Gasteiger partial charge in [0.25, 0.3) is 0 Å². The van der Waals surface area contributed by atoms with Gasteiger partial charge in [-0.15, -0.1) is 5.10 Å². The molecule has 94 valence electrons. The maximum absolute atomic E-state index is 3.99. The lowest BCUT2D eigenvalue weighted by atomic mass is 10.0. The van der Waals surface area contributed by atoms with Crippen LogP contribution in [0.3, 0.4) is 0 Å². The van der Waals surface area contributed by atoms with E-state index in [2.05, 4.69) is 40.8 Å². The highest BCUT2D eigenvalue weighted by atomic mass is 15.4. The molecule has 1 aliphatic carbocycles. The molecular weight excluding hydrogens is 224 g/mol. The Bertz CT molecular complexity index is 559. The molecule has 0 spiro atoms. The Morgan fingerprint density at radius 1 is 1.44 bits per heavy atom. The van der Waals surface area contributed by atoms with Crippen molar-refractivity contribution < 1.29 is 0 Å². The minimum Gasteiger partial charge on any atom is -0.310 e. The average molecular weight is 242 g/mol. The molecule has 0 bridgehead atoms. The summed E-state index contributed by atoms with van der Waals surface area (Å²) in [4.78, 5) is 0. The molecule has 18 heavy (non-hydrogen) atoms. The number of fused-ring (bicyclic) bond motifs is 1. The molecule has 0 fully saturated rings. The summed E-state index contributed by atoms with van der Waals surface area (Å²) in [5.41, 5.74) is 5.19. The van der Waals surface area contributed by atoms with Crippen LogP contribution in [0.15, 0.2) is 24.4 Å². The van der Waals surface area contributed by atoms with Crippen LogP contribution < -0.4 is 5.32 Å². The number of nitrogens with zero attached hydrogens (tertiary/aromatic N) is 3. The molecule has 1 aliphatic rings. The van der Waals surface area contributed by atoms with Crippen molar-refractivity contribution in [3.8, 4) is 11.3 Å². The molecule has 4 heteroatoms. The van der Waals surface area contributed by atoms with Crippen molar-refractivity contribution >= 4 is 0 Å². The highest BCUT2D eigenvalue weighted by Gasteiger charge is 2.22. The monoisotopic (exact) mass is 242 g/mol. The van der Waals surface area contributed by atoms with Crippen molar-refractivity contribution in [1.29, 1.82) is 0 Å². The topological polar surface area (TPSA) is 42.7 Å². The van der Waals surface area contributed by atoms with Crippen LogP contribution >= 0.6 is 0 Å². The van der Waals surface area contributed by atoms with Crippen LogP contribution in [0.1, 0.15) is 30.5 Å². The van der Waals surface area contributed by atoms with Gasteiger partial charge in [-0.1, -0.05) is 24.3 Å². The van der Waals surface area contributed by atoms with Gasteiger partial charge in [0.15, 0.2) is 0 Å². The molecule has 2 aromatic rings. The van der Waals surface area contributed by atoms with Gasteiger partial charge in [-0.3, -0.25) is 0 Å². The number of hydrogen-bond acceptors (Lipinski definition) is 3. The fourth-order valence-electron chi connectivity index (χ4n) is 2.79. The molecule has 0 radical (unpaired) electrons. The summed E-state index contributed by atoms with van der Waals surface area (Å²) in [6, 6.07) is 7.24. The Kier molecular flexibility index (Phi) is 2.88. The summed E-state index contributed by atoms with van der Waals surface area (Å²) in [7, 11) is 1.93. The first-order valence-corrected chi connectivity index (χ1v) is 6.51. The zero-order valence-electron chi connectivity index (χ0n) is 10.8. The van der Waals surface area contributed by atoms with Gasteiger partial charge in [0.05, 0.1) is 11.9 Å². The molecule has 1 aromatic carbocycles. The predicted molar refractivity (Wildman–Crippen MR) is 71.2 cm³/mol. The lowest BCUT2D eigenvalue weighted by Gasteiger charge is -2.12. The van der Waals surface area contributed by atoms with Crippen molar-refractivity contribution in [2.45, 2.75) is 25.8 Å². The molecule has 1 unspecified atom stereocenters. The van der Waals surface area contributed by atoms with Crippen molar-refractivity contribution in [2.24, 2.45) is 7.05 Å². The number of aromatic nitrogens is 3. The second-order valence-electron chi connectivity index (χ2n) is 4.81. The van der Waals surface area contributed by atoms with E-state index in [4.69, 9.17) is 0 Å². The molecule has 0 aliphatic heterocycles. The van der Waals surface area contributed by atoms with E-state index in [-0.39, 0.29) is 0 Å². The highest BCUT2D eigenvalue weighted by molar-refractivity contribution is 5.61. The molecular formula is C14H18N4. The molecule has 1 aromatic heterocycles. The van der Waals surface area contributed by atoms with E-state index in [1.807, 2.05) is 17.9 Å². The first-order chi connectivity index (χ1) is 8.79. The van der Waals surface area contributed by atoms with Crippen molar-refractivity contribution in [1.82, 2.24) is 20.3 Å². The molecule has 4 nitrogen and oxygen atoms in total. The highest BCUT2D eigenvalue weighted by Crippen LogP contribution is 2.33. The molecule has 1 heterocycles. The van der Waals surface area contributed by atoms with Gasteiger partial charge in [0.2, 0.25) is 0 Å². The average Bonchev–Trinajstić information content (AvgIpc) is 2.96. The van der Waals surface area contributed by atoms with Crippen molar-refractivity contribution in [2.75, 3.05) is 6.54 Å². The minimum atomic E-state index is 0.531. The van der Waals surface area contributed by atoms with E-state index in [0.29, 0.717) is 6.04 Å². The van der Waals surface area contributed by atoms with Gasteiger partial charge in [-0.2, -0.15) is 0 Å². The van der Waals surface area contributed by atoms with Crippen LogP contribution in [0, 0.1) is 0 Å².